The maximum Gasteiger partial charge on any atom is 0.318 e. The van der Waals surface area contributed by atoms with Gasteiger partial charge >= 0.3 is 6.03 Å². The molecular formula is C17H25N3O2. The fraction of sp³-hybridized carbons (Fsp3) is 0.529. The second-order valence-electron chi connectivity index (χ2n) is 5.81. The van der Waals surface area contributed by atoms with E-state index in [1.54, 1.807) is 16.7 Å². The Kier molecular flexibility index (Phi) is 5.06. The van der Waals surface area contributed by atoms with Gasteiger partial charge in [0.25, 0.3) is 0 Å². The van der Waals surface area contributed by atoms with E-state index in [1.807, 2.05) is 39.0 Å². The van der Waals surface area contributed by atoms with E-state index in [4.69, 9.17) is 0 Å². The molecule has 3 amide bonds. The van der Waals surface area contributed by atoms with Crippen molar-refractivity contribution in [2.24, 2.45) is 0 Å². The third-order valence-electron chi connectivity index (χ3n) is 4.31. The van der Waals surface area contributed by atoms with Crippen molar-refractivity contribution in [2.45, 2.75) is 40.2 Å². The lowest BCUT2D eigenvalue weighted by Crippen LogP contribution is -2.60. The summed E-state index contributed by atoms with van der Waals surface area (Å²) in [5, 5.41) is 2.84. The first kappa shape index (κ1) is 16.3. The van der Waals surface area contributed by atoms with Crippen LogP contribution in [0.2, 0.25) is 0 Å². The number of rotatable bonds is 3. The predicted octanol–water partition coefficient (Wildman–Crippen LogP) is 2.46. The quantitative estimate of drug-likeness (QED) is 0.932. The molecule has 5 heteroatoms. The zero-order chi connectivity index (χ0) is 16.3. The number of aryl methyl sites for hydroxylation is 1. The van der Waals surface area contributed by atoms with Gasteiger partial charge in [-0.3, -0.25) is 4.79 Å². The molecule has 0 aliphatic carbocycles. The molecule has 1 aliphatic rings. The molecule has 0 spiro atoms. The summed E-state index contributed by atoms with van der Waals surface area (Å²) in [5.74, 6) is -0.0217. The van der Waals surface area contributed by atoms with E-state index < -0.39 is 6.04 Å². The maximum atomic E-state index is 12.7. The molecule has 1 atom stereocenters. The summed E-state index contributed by atoms with van der Waals surface area (Å²) in [4.78, 5) is 28.2. The molecule has 1 fully saturated rings. The molecule has 1 aromatic carbocycles. The van der Waals surface area contributed by atoms with Crippen molar-refractivity contribution in [1.82, 2.24) is 10.2 Å². The molecule has 5 nitrogen and oxygen atoms in total. The highest BCUT2D eigenvalue weighted by molar-refractivity contribution is 6.00. The lowest BCUT2D eigenvalue weighted by Gasteiger charge is -2.39. The molecule has 22 heavy (non-hydrogen) atoms. The first-order valence-corrected chi connectivity index (χ1v) is 7.89. The molecule has 2 rings (SSSR count). The Balaban J connectivity index is 2.16. The van der Waals surface area contributed by atoms with Crippen LogP contribution >= 0.6 is 0 Å². The molecule has 1 aliphatic heterocycles. The topological polar surface area (TPSA) is 52.7 Å². The Morgan fingerprint density at radius 3 is 2.73 bits per heavy atom. The molecule has 0 saturated carbocycles. The zero-order valence-electron chi connectivity index (χ0n) is 13.8. The highest BCUT2D eigenvalue weighted by Crippen LogP contribution is 2.26. The van der Waals surface area contributed by atoms with Crippen LogP contribution in [-0.4, -0.2) is 42.5 Å². The van der Waals surface area contributed by atoms with E-state index in [0.717, 1.165) is 17.7 Å². The SMILES string of the molecule is CCCNC(=O)N1CCN(c2cccc(C)c2C)C(=O)[C@@H]1C. The average molecular weight is 303 g/mol. The van der Waals surface area contributed by atoms with Crippen molar-refractivity contribution in [3.05, 3.63) is 29.3 Å². The largest absolute Gasteiger partial charge is 0.338 e. The first-order chi connectivity index (χ1) is 10.5. The van der Waals surface area contributed by atoms with Crippen LogP contribution in [0.5, 0.6) is 0 Å². The van der Waals surface area contributed by atoms with Gasteiger partial charge in [0.2, 0.25) is 5.91 Å². The third-order valence-corrected chi connectivity index (χ3v) is 4.31. The average Bonchev–Trinajstić information content (AvgIpc) is 2.50. The lowest BCUT2D eigenvalue weighted by molar-refractivity contribution is -0.124. The summed E-state index contributed by atoms with van der Waals surface area (Å²) in [5.41, 5.74) is 3.23. The molecule has 1 saturated heterocycles. The number of hydrogen-bond acceptors (Lipinski definition) is 2. The highest BCUT2D eigenvalue weighted by atomic mass is 16.2. The summed E-state index contributed by atoms with van der Waals surface area (Å²) in [6, 6.07) is 5.39. The van der Waals surface area contributed by atoms with Gasteiger partial charge in [-0.15, -0.1) is 0 Å². The second kappa shape index (κ2) is 6.81. The van der Waals surface area contributed by atoms with Gasteiger partial charge in [-0.25, -0.2) is 4.79 Å². The van der Waals surface area contributed by atoms with Crippen molar-refractivity contribution in [2.75, 3.05) is 24.5 Å². The van der Waals surface area contributed by atoms with Gasteiger partial charge in [0.15, 0.2) is 0 Å². The fourth-order valence-electron chi connectivity index (χ4n) is 2.75. The Labute approximate surface area is 132 Å². The van der Waals surface area contributed by atoms with E-state index in [9.17, 15) is 9.59 Å². The number of piperazine rings is 1. The first-order valence-electron chi connectivity index (χ1n) is 7.89. The minimum atomic E-state index is -0.439. The summed E-state index contributed by atoms with van der Waals surface area (Å²) in [7, 11) is 0. The van der Waals surface area contributed by atoms with Crippen molar-refractivity contribution in [1.29, 1.82) is 0 Å². The van der Waals surface area contributed by atoms with E-state index in [1.165, 1.54) is 5.56 Å². The fourth-order valence-corrected chi connectivity index (χ4v) is 2.75. The molecule has 1 aromatic rings. The second-order valence-corrected chi connectivity index (χ2v) is 5.81. The summed E-state index contributed by atoms with van der Waals surface area (Å²) < 4.78 is 0. The Bertz CT molecular complexity index is 571. The van der Waals surface area contributed by atoms with Gasteiger partial charge in [-0.2, -0.15) is 0 Å². The van der Waals surface area contributed by atoms with Gasteiger partial charge in [0, 0.05) is 25.3 Å². The monoisotopic (exact) mass is 303 g/mol. The third kappa shape index (κ3) is 3.08. The Morgan fingerprint density at radius 2 is 2.05 bits per heavy atom. The van der Waals surface area contributed by atoms with Gasteiger partial charge in [0.05, 0.1) is 0 Å². The van der Waals surface area contributed by atoms with Gasteiger partial charge in [-0.1, -0.05) is 19.1 Å². The van der Waals surface area contributed by atoms with Crippen LogP contribution in [0.1, 0.15) is 31.4 Å². The van der Waals surface area contributed by atoms with E-state index in [2.05, 4.69) is 5.32 Å². The molecule has 0 aromatic heterocycles. The van der Waals surface area contributed by atoms with Crippen LogP contribution < -0.4 is 10.2 Å². The van der Waals surface area contributed by atoms with Crippen molar-refractivity contribution in [3.63, 3.8) is 0 Å². The predicted molar refractivity (Wildman–Crippen MR) is 88.1 cm³/mol. The van der Waals surface area contributed by atoms with Crippen molar-refractivity contribution < 1.29 is 9.59 Å². The number of nitrogens with one attached hydrogen (secondary N) is 1. The normalized spacial score (nSPS) is 18.5. The maximum absolute atomic E-state index is 12.7. The van der Waals surface area contributed by atoms with E-state index in [-0.39, 0.29) is 11.9 Å². The van der Waals surface area contributed by atoms with Crippen molar-refractivity contribution >= 4 is 17.6 Å². The van der Waals surface area contributed by atoms with Gasteiger partial charge in [-0.05, 0) is 44.4 Å². The molecule has 1 N–H and O–H groups in total. The van der Waals surface area contributed by atoms with Crippen LogP contribution in [0.3, 0.4) is 0 Å². The number of urea groups is 1. The minimum absolute atomic E-state index is 0.0217. The van der Waals surface area contributed by atoms with Crippen LogP contribution in [0, 0.1) is 13.8 Å². The van der Waals surface area contributed by atoms with Crippen LogP contribution in [0.25, 0.3) is 0 Å². The van der Waals surface area contributed by atoms with Crippen LogP contribution in [0.4, 0.5) is 10.5 Å². The highest BCUT2D eigenvalue weighted by Gasteiger charge is 2.35. The number of benzene rings is 1. The van der Waals surface area contributed by atoms with E-state index >= 15 is 0 Å². The van der Waals surface area contributed by atoms with E-state index in [0.29, 0.717) is 19.6 Å². The number of anilines is 1. The molecule has 120 valence electrons. The standard InChI is InChI=1S/C17H25N3O2/c1-5-9-18-17(22)19-10-11-20(16(21)14(19)4)15-8-6-7-12(2)13(15)3/h6-8,14H,5,9-11H2,1-4H3,(H,18,22)/t14-/m0/s1. The lowest BCUT2D eigenvalue weighted by atomic mass is 10.1. The minimum Gasteiger partial charge on any atom is -0.338 e. The summed E-state index contributed by atoms with van der Waals surface area (Å²) in [6.45, 7) is 9.60. The number of carbonyl (C=O) groups is 2. The smallest absolute Gasteiger partial charge is 0.318 e. The molecule has 0 unspecified atom stereocenters. The number of nitrogens with zero attached hydrogens (tertiary/aromatic N) is 2. The number of hydrogen-bond donors (Lipinski definition) is 1. The molecular weight excluding hydrogens is 278 g/mol. The van der Waals surface area contributed by atoms with Crippen molar-refractivity contribution in [3.8, 4) is 0 Å². The number of amides is 3. The zero-order valence-corrected chi connectivity index (χ0v) is 13.8. The Morgan fingerprint density at radius 1 is 1.32 bits per heavy atom. The Hall–Kier alpha value is -2.04. The van der Waals surface area contributed by atoms with Crippen LogP contribution in [-0.2, 0) is 4.79 Å². The van der Waals surface area contributed by atoms with Gasteiger partial charge < -0.3 is 15.1 Å². The number of carbonyl (C=O) groups excluding carboxylic acids is 2. The summed E-state index contributed by atoms with van der Waals surface area (Å²) >= 11 is 0. The van der Waals surface area contributed by atoms with Crippen LogP contribution in [0.15, 0.2) is 18.2 Å². The molecule has 0 radical (unpaired) electrons. The molecule has 1 heterocycles. The molecule has 0 bridgehead atoms. The van der Waals surface area contributed by atoms with Gasteiger partial charge in [0.1, 0.15) is 6.04 Å². The summed E-state index contributed by atoms with van der Waals surface area (Å²) in [6.07, 6.45) is 0.885.